The van der Waals surface area contributed by atoms with Crippen LogP contribution in [0.5, 0.6) is 5.75 Å². The molecule has 0 saturated carbocycles. The number of esters is 1. The minimum atomic E-state index is -0.355. The molecule has 0 amide bonds. The molecule has 5 nitrogen and oxygen atoms in total. The number of rotatable bonds is 12. The van der Waals surface area contributed by atoms with E-state index in [4.69, 9.17) is 19.9 Å². The third kappa shape index (κ3) is 6.95. The molecule has 0 aromatic heterocycles. The highest BCUT2D eigenvalue weighted by molar-refractivity contribution is 5.75. The molecular weight excluding hydrogens is 385 g/mol. The summed E-state index contributed by atoms with van der Waals surface area (Å²) in [6, 6.07) is 4.86. The van der Waals surface area contributed by atoms with Crippen molar-refractivity contribution >= 4 is 5.97 Å². The second-order valence-electron chi connectivity index (χ2n) is 9.13. The predicted molar refractivity (Wildman–Crippen MR) is 116 cm³/mol. The summed E-state index contributed by atoms with van der Waals surface area (Å²) in [4.78, 5) is 12.1. The van der Waals surface area contributed by atoms with Crippen molar-refractivity contribution in [3.63, 3.8) is 0 Å². The predicted octanol–water partition coefficient (Wildman–Crippen LogP) is 4.36. The molecule has 0 aliphatic carbocycles. The van der Waals surface area contributed by atoms with Gasteiger partial charge in [-0.2, -0.15) is 0 Å². The van der Waals surface area contributed by atoms with Crippen LogP contribution in [0.2, 0.25) is 0 Å². The maximum absolute atomic E-state index is 14.1. The second kappa shape index (κ2) is 11.7. The molecule has 6 heteroatoms. The molecule has 1 aliphatic heterocycles. The van der Waals surface area contributed by atoms with E-state index in [0.717, 1.165) is 18.4 Å². The molecule has 170 valence electrons. The van der Waals surface area contributed by atoms with Crippen LogP contribution in [0.3, 0.4) is 0 Å². The lowest BCUT2D eigenvalue weighted by Crippen LogP contribution is -2.37. The van der Waals surface area contributed by atoms with Crippen LogP contribution < -0.4 is 10.5 Å². The van der Waals surface area contributed by atoms with Gasteiger partial charge in [-0.1, -0.05) is 33.8 Å². The topological polar surface area (TPSA) is 70.8 Å². The fourth-order valence-electron chi connectivity index (χ4n) is 4.00. The minimum absolute atomic E-state index is 0.0616. The lowest BCUT2D eigenvalue weighted by molar-refractivity contribution is -0.146. The number of carbonyl (C=O) groups is 1. The number of methoxy groups -OCH3 is 1. The minimum Gasteiger partial charge on any atom is -0.490 e. The third-order valence-corrected chi connectivity index (χ3v) is 6.10. The molecule has 0 spiro atoms. The van der Waals surface area contributed by atoms with Gasteiger partial charge in [0.25, 0.3) is 0 Å². The molecule has 0 radical (unpaired) electrons. The average molecular weight is 424 g/mol. The molecule has 30 heavy (non-hydrogen) atoms. The van der Waals surface area contributed by atoms with Crippen LogP contribution in [-0.2, 0) is 20.7 Å². The highest BCUT2D eigenvalue weighted by atomic mass is 19.1. The van der Waals surface area contributed by atoms with Gasteiger partial charge in [0.1, 0.15) is 6.10 Å². The molecule has 1 aliphatic rings. The molecule has 4 atom stereocenters. The van der Waals surface area contributed by atoms with E-state index >= 15 is 0 Å². The molecule has 1 heterocycles. The lowest BCUT2D eigenvalue weighted by Gasteiger charge is -2.27. The van der Waals surface area contributed by atoms with Crippen molar-refractivity contribution in [2.45, 2.75) is 65.5 Å². The quantitative estimate of drug-likeness (QED) is 0.399. The first kappa shape index (κ1) is 24.6. The molecule has 2 N–H and O–H groups in total. The maximum Gasteiger partial charge on any atom is 0.309 e. The van der Waals surface area contributed by atoms with Crippen molar-refractivity contribution in [1.82, 2.24) is 0 Å². The molecular formula is C24H38FNO4. The van der Waals surface area contributed by atoms with Crippen molar-refractivity contribution in [2.24, 2.45) is 29.4 Å². The molecule has 1 saturated heterocycles. The summed E-state index contributed by atoms with van der Waals surface area (Å²) >= 11 is 0. The smallest absolute Gasteiger partial charge is 0.309 e. The number of halogens is 1. The van der Waals surface area contributed by atoms with Gasteiger partial charge >= 0.3 is 5.97 Å². The normalized spacial score (nSPS) is 21.2. The van der Waals surface area contributed by atoms with Gasteiger partial charge in [0, 0.05) is 26.2 Å². The van der Waals surface area contributed by atoms with Gasteiger partial charge < -0.3 is 19.9 Å². The van der Waals surface area contributed by atoms with Crippen LogP contribution in [0.4, 0.5) is 4.39 Å². The van der Waals surface area contributed by atoms with E-state index in [-0.39, 0.29) is 41.5 Å². The van der Waals surface area contributed by atoms with Crippen LogP contribution in [0.1, 0.15) is 52.5 Å². The van der Waals surface area contributed by atoms with Gasteiger partial charge in [-0.3, -0.25) is 4.79 Å². The summed E-state index contributed by atoms with van der Waals surface area (Å²) in [7, 11) is 1.63. The van der Waals surface area contributed by atoms with Crippen molar-refractivity contribution in [2.75, 3.05) is 20.3 Å². The third-order valence-electron chi connectivity index (χ3n) is 6.10. The van der Waals surface area contributed by atoms with Gasteiger partial charge in [-0.05, 0) is 54.7 Å². The zero-order valence-corrected chi connectivity index (χ0v) is 19.0. The summed E-state index contributed by atoms with van der Waals surface area (Å²) in [6.45, 7) is 9.41. The molecule has 1 fully saturated rings. The van der Waals surface area contributed by atoms with E-state index in [9.17, 15) is 9.18 Å². The molecule has 1 aromatic carbocycles. The van der Waals surface area contributed by atoms with Crippen LogP contribution in [0.15, 0.2) is 18.2 Å². The van der Waals surface area contributed by atoms with E-state index in [1.165, 1.54) is 6.07 Å². The first-order chi connectivity index (χ1) is 14.2. The van der Waals surface area contributed by atoms with Crippen LogP contribution in [0, 0.1) is 29.5 Å². The Morgan fingerprint density at radius 1 is 1.23 bits per heavy atom. The zero-order valence-electron chi connectivity index (χ0n) is 19.0. The van der Waals surface area contributed by atoms with E-state index in [1.807, 2.05) is 19.9 Å². The monoisotopic (exact) mass is 423 g/mol. The Kier molecular flexibility index (Phi) is 9.56. The Morgan fingerprint density at radius 2 is 1.97 bits per heavy atom. The Labute approximate surface area is 180 Å². The number of carbonyl (C=O) groups excluding carboxylic acids is 1. The number of ether oxygens (including phenoxy) is 3. The van der Waals surface area contributed by atoms with Gasteiger partial charge in [0.2, 0.25) is 0 Å². The molecule has 0 unspecified atom stereocenters. The lowest BCUT2D eigenvalue weighted by atomic mass is 9.82. The summed E-state index contributed by atoms with van der Waals surface area (Å²) in [6.07, 6.45) is 2.70. The Bertz CT molecular complexity index is 679. The largest absolute Gasteiger partial charge is 0.490 e. The number of hydrogen-bond donors (Lipinski definition) is 1. The SMILES string of the molecule is COCCCOc1cc(C[C@@H](C[C@H](N)[C@@H]2C[C@@H](C(C)C)C(=O)O2)C(C)C)ccc1F. The first-order valence-electron chi connectivity index (χ1n) is 11.1. The van der Waals surface area contributed by atoms with Gasteiger partial charge in [-0.15, -0.1) is 0 Å². The fourth-order valence-corrected chi connectivity index (χ4v) is 4.00. The van der Waals surface area contributed by atoms with Crippen molar-refractivity contribution in [3.05, 3.63) is 29.6 Å². The van der Waals surface area contributed by atoms with Crippen LogP contribution >= 0.6 is 0 Å². The van der Waals surface area contributed by atoms with Crippen molar-refractivity contribution in [1.29, 1.82) is 0 Å². The summed E-state index contributed by atoms with van der Waals surface area (Å²) in [5.41, 5.74) is 7.49. The number of benzene rings is 1. The average Bonchev–Trinajstić information content (AvgIpc) is 3.09. The van der Waals surface area contributed by atoms with Crippen molar-refractivity contribution < 1.29 is 23.4 Å². The summed E-state index contributed by atoms with van der Waals surface area (Å²) < 4.78 is 30.3. The highest BCUT2D eigenvalue weighted by Gasteiger charge is 2.39. The molecule has 1 aromatic rings. The van der Waals surface area contributed by atoms with Crippen LogP contribution in [0.25, 0.3) is 0 Å². The van der Waals surface area contributed by atoms with Crippen LogP contribution in [-0.4, -0.2) is 38.4 Å². The standard InChI is InChI=1S/C24H38FNO4/c1-15(2)18(13-21(26)23-14-19(16(3)4)24(27)30-23)11-17-7-8-20(25)22(12-17)29-10-6-9-28-5/h7-8,12,15-16,18-19,21,23H,6,9-11,13-14,26H2,1-5H3/t18-,19-,21-,23-/m0/s1. The van der Waals surface area contributed by atoms with E-state index < -0.39 is 0 Å². The van der Waals surface area contributed by atoms with E-state index in [1.54, 1.807) is 13.2 Å². The van der Waals surface area contributed by atoms with Crippen molar-refractivity contribution in [3.8, 4) is 5.75 Å². The van der Waals surface area contributed by atoms with Gasteiger partial charge in [0.05, 0.1) is 12.5 Å². The van der Waals surface area contributed by atoms with Gasteiger partial charge in [-0.25, -0.2) is 4.39 Å². The summed E-state index contributed by atoms with van der Waals surface area (Å²) in [5.74, 6) is 0.686. The van der Waals surface area contributed by atoms with Gasteiger partial charge in [0.15, 0.2) is 11.6 Å². The zero-order chi connectivity index (χ0) is 22.3. The maximum atomic E-state index is 14.1. The second-order valence-corrected chi connectivity index (χ2v) is 9.13. The highest BCUT2D eigenvalue weighted by Crippen LogP contribution is 2.32. The Balaban J connectivity index is 1.99. The Morgan fingerprint density at radius 3 is 2.57 bits per heavy atom. The molecule has 2 rings (SSSR count). The van der Waals surface area contributed by atoms with E-state index in [0.29, 0.717) is 37.9 Å². The number of hydrogen-bond acceptors (Lipinski definition) is 5. The number of nitrogens with two attached hydrogens (primary N) is 1. The Hall–Kier alpha value is -1.66. The number of cyclic esters (lactones) is 1. The fraction of sp³-hybridized carbons (Fsp3) is 0.708. The van der Waals surface area contributed by atoms with E-state index in [2.05, 4.69) is 13.8 Å². The molecule has 0 bridgehead atoms. The summed E-state index contributed by atoms with van der Waals surface area (Å²) in [5, 5.41) is 0. The first-order valence-corrected chi connectivity index (χ1v) is 11.1.